The molecule has 0 aliphatic rings. The molecule has 10 heteroatoms. The highest BCUT2D eigenvalue weighted by molar-refractivity contribution is 8.00. The quantitative estimate of drug-likeness (QED) is 0.463. The Balaban J connectivity index is 0. The summed E-state index contributed by atoms with van der Waals surface area (Å²) in [6, 6.07) is 2.20. The van der Waals surface area contributed by atoms with Crippen LogP contribution in [0.25, 0.3) is 0 Å². The molecular formula is C6H12O6P2S2+2. The minimum Gasteiger partial charge on any atom is -0.137 e. The molecule has 92 valence electrons. The first-order valence-corrected chi connectivity index (χ1v) is 8.02. The average molecular weight is 306 g/mol. The molecule has 0 saturated heterocycles. The fourth-order valence-electron chi connectivity index (χ4n) is 0.512. The first-order chi connectivity index (χ1) is 7.29. The van der Waals surface area contributed by atoms with E-state index in [9.17, 15) is 0 Å². The summed E-state index contributed by atoms with van der Waals surface area (Å²) in [5.41, 5.74) is 1.37. The number of hydrogen-bond acceptors (Lipinski definition) is 4. The first kappa shape index (κ1) is 18.5. The number of rotatable bonds is 1. The fourth-order valence-corrected chi connectivity index (χ4v) is 1.97. The molecule has 1 rings (SSSR count). The Hall–Kier alpha value is 0.0900. The smallest absolute Gasteiger partial charge is 0.137 e. The van der Waals surface area contributed by atoms with E-state index >= 15 is 0 Å². The highest BCUT2D eigenvalue weighted by atomic mass is 32.2. The minimum absolute atomic E-state index is 1.37. The summed E-state index contributed by atoms with van der Waals surface area (Å²) in [4.78, 5) is 28.5. The normalized spacial score (nSPS) is 8.12. The van der Waals surface area contributed by atoms with Gasteiger partial charge in [-0.2, -0.15) is 0 Å². The fraction of sp³-hybridized carbons (Fsp3) is 0.333. The zero-order chi connectivity index (χ0) is 13.1. The van der Waals surface area contributed by atoms with Crippen LogP contribution in [0.4, 0.5) is 0 Å². The van der Waals surface area contributed by atoms with Crippen LogP contribution in [0.3, 0.4) is 0 Å². The summed E-state index contributed by atoms with van der Waals surface area (Å²) in [6.45, 7) is 2.12. The Morgan fingerprint density at radius 2 is 1.56 bits per heavy atom. The first-order valence-electron chi connectivity index (χ1n) is 3.58. The molecule has 6 nitrogen and oxygen atoms in total. The van der Waals surface area contributed by atoms with Crippen LogP contribution >= 0.6 is 39.6 Å². The maximum atomic E-state index is 8.70. The topological polar surface area (TPSA) is 115 Å². The Kier molecular flexibility index (Phi) is 13.3. The van der Waals surface area contributed by atoms with Gasteiger partial charge >= 0.3 is 16.5 Å². The van der Waals surface area contributed by atoms with E-state index in [-0.39, 0.29) is 0 Å². The van der Waals surface area contributed by atoms with Crippen molar-refractivity contribution >= 4 is 39.6 Å². The number of thiophene rings is 1. The monoisotopic (exact) mass is 306 g/mol. The third-order valence-corrected chi connectivity index (χ3v) is 3.06. The molecule has 0 aromatic carbocycles. The van der Waals surface area contributed by atoms with Gasteiger partial charge in [-0.3, -0.25) is 0 Å². The molecule has 0 saturated carbocycles. The Morgan fingerprint density at radius 1 is 1.19 bits per heavy atom. The van der Waals surface area contributed by atoms with E-state index in [4.69, 9.17) is 28.7 Å². The summed E-state index contributed by atoms with van der Waals surface area (Å²) >= 11 is 3.62. The predicted octanol–water partition coefficient (Wildman–Crippen LogP) is 2.04. The van der Waals surface area contributed by atoms with Gasteiger partial charge in [0.15, 0.2) is 0 Å². The maximum Gasteiger partial charge on any atom is 0.692 e. The second kappa shape index (κ2) is 11.6. The molecule has 1 aromatic rings. The molecule has 0 fully saturated rings. The lowest BCUT2D eigenvalue weighted by atomic mass is 10.4. The van der Waals surface area contributed by atoms with Gasteiger partial charge in [0.05, 0.1) is 4.21 Å². The molecule has 16 heavy (non-hydrogen) atoms. The summed E-state index contributed by atoms with van der Waals surface area (Å²) < 4.78 is 18.8. The number of aryl methyl sites for hydroxylation is 1. The minimum atomic E-state index is -2.87. The van der Waals surface area contributed by atoms with Crippen LogP contribution in [0, 0.1) is 6.92 Å². The van der Waals surface area contributed by atoms with Crippen LogP contribution in [0.2, 0.25) is 0 Å². The van der Waals surface area contributed by atoms with Crippen LogP contribution in [-0.4, -0.2) is 25.8 Å². The molecule has 0 aliphatic carbocycles. The standard InChI is InChI=1S/C6H8S2.2HO3P/c1-5-3-6(7-2)8-4-5;2*1-4(2)3/h3-4H,1-2H3;2*(H-,1,2,3)/p+2. The lowest BCUT2D eigenvalue weighted by Crippen LogP contribution is -1.53. The second-order valence-corrected chi connectivity index (χ2v) is 5.18. The van der Waals surface area contributed by atoms with Crippen LogP contribution < -0.4 is 0 Å². The third-order valence-electron chi connectivity index (χ3n) is 0.908. The molecule has 4 N–H and O–H groups in total. The SMILES string of the molecule is CSc1cc(C)cs1.O=[P+](O)O.O=[P+](O)O. The van der Waals surface area contributed by atoms with Crippen molar-refractivity contribution in [2.75, 3.05) is 6.26 Å². The zero-order valence-electron chi connectivity index (χ0n) is 8.47. The van der Waals surface area contributed by atoms with Gasteiger partial charge in [0, 0.05) is 9.13 Å². The van der Waals surface area contributed by atoms with Crippen molar-refractivity contribution in [2.24, 2.45) is 0 Å². The van der Waals surface area contributed by atoms with E-state index < -0.39 is 16.5 Å². The van der Waals surface area contributed by atoms with Gasteiger partial charge in [-0.05, 0) is 30.2 Å². The second-order valence-electron chi connectivity index (χ2n) is 2.15. The molecule has 0 radical (unpaired) electrons. The van der Waals surface area contributed by atoms with Crippen molar-refractivity contribution in [2.45, 2.75) is 11.1 Å². The number of thioether (sulfide) groups is 1. The Labute approximate surface area is 103 Å². The zero-order valence-corrected chi connectivity index (χ0v) is 11.9. The average Bonchev–Trinajstić information content (AvgIpc) is 2.49. The van der Waals surface area contributed by atoms with E-state index in [2.05, 4.69) is 24.6 Å². The lowest BCUT2D eigenvalue weighted by Gasteiger charge is -1.79. The van der Waals surface area contributed by atoms with Gasteiger partial charge in [-0.1, -0.05) is 0 Å². The molecule has 1 aromatic heterocycles. The Bertz CT molecular complexity index is 309. The highest BCUT2D eigenvalue weighted by Gasteiger charge is 1.93. The van der Waals surface area contributed by atoms with Crippen LogP contribution in [0.5, 0.6) is 0 Å². The summed E-state index contributed by atoms with van der Waals surface area (Å²) in [5.74, 6) is 0. The van der Waals surface area contributed by atoms with Crippen molar-refractivity contribution in [3.63, 3.8) is 0 Å². The Morgan fingerprint density at radius 3 is 1.69 bits per heavy atom. The van der Waals surface area contributed by atoms with Crippen molar-refractivity contribution in [3.05, 3.63) is 17.0 Å². The van der Waals surface area contributed by atoms with E-state index in [0.29, 0.717) is 0 Å². The van der Waals surface area contributed by atoms with Gasteiger partial charge in [0.1, 0.15) is 0 Å². The van der Waals surface area contributed by atoms with Gasteiger partial charge < -0.3 is 0 Å². The van der Waals surface area contributed by atoms with Crippen molar-refractivity contribution in [1.82, 2.24) is 0 Å². The summed E-state index contributed by atoms with van der Waals surface area (Å²) in [5, 5.41) is 2.17. The van der Waals surface area contributed by atoms with Crippen molar-refractivity contribution in [1.29, 1.82) is 0 Å². The summed E-state index contributed by atoms with van der Waals surface area (Å²) in [7, 11) is -5.74. The van der Waals surface area contributed by atoms with Gasteiger partial charge in [0.25, 0.3) is 0 Å². The van der Waals surface area contributed by atoms with Crippen LogP contribution in [0.15, 0.2) is 15.7 Å². The van der Waals surface area contributed by atoms with E-state index in [0.717, 1.165) is 0 Å². The molecule has 0 spiro atoms. The van der Waals surface area contributed by atoms with Gasteiger partial charge in [-0.15, -0.1) is 42.7 Å². The van der Waals surface area contributed by atoms with Crippen molar-refractivity contribution < 1.29 is 28.7 Å². The molecular weight excluding hydrogens is 294 g/mol. The van der Waals surface area contributed by atoms with Crippen LogP contribution in [-0.2, 0) is 9.13 Å². The number of hydrogen-bond donors (Lipinski definition) is 4. The van der Waals surface area contributed by atoms with Gasteiger partial charge in [0.2, 0.25) is 0 Å². The lowest BCUT2D eigenvalue weighted by molar-refractivity contribution is 0.403. The van der Waals surface area contributed by atoms with E-state index in [1.54, 1.807) is 0 Å². The molecule has 0 bridgehead atoms. The maximum absolute atomic E-state index is 8.70. The predicted molar refractivity (Wildman–Crippen MR) is 64.9 cm³/mol. The molecule has 0 atom stereocenters. The molecule has 0 aliphatic heterocycles. The molecule has 0 amide bonds. The third kappa shape index (κ3) is 19.6. The largest absolute Gasteiger partial charge is 0.692 e. The van der Waals surface area contributed by atoms with Gasteiger partial charge in [-0.25, -0.2) is 0 Å². The highest BCUT2D eigenvalue weighted by Crippen LogP contribution is 2.22. The molecule has 0 unspecified atom stereocenters. The summed E-state index contributed by atoms with van der Waals surface area (Å²) in [6.07, 6.45) is 2.10. The molecule has 1 heterocycles. The van der Waals surface area contributed by atoms with Crippen molar-refractivity contribution in [3.8, 4) is 0 Å². The van der Waals surface area contributed by atoms with E-state index in [1.807, 2.05) is 23.1 Å². The van der Waals surface area contributed by atoms with Crippen LogP contribution in [0.1, 0.15) is 5.56 Å². The van der Waals surface area contributed by atoms with E-state index in [1.165, 1.54) is 9.77 Å².